The Balaban J connectivity index is 2.08. The maximum atomic E-state index is 12.6. The molecule has 0 fully saturated rings. The van der Waals surface area contributed by atoms with Gasteiger partial charge >= 0.3 is 11.7 Å². The van der Waals surface area contributed by atoms with Gasteiger partial charge in [0.2, 0.25) is 0 Å². The summed E-state index contributed by atoms with van der Waals surface area (Å²) in [5, 5.41) is 9.53. The highest BCUT2D eigenvalue weighted by atomic mass is 16.5. The number of benzene rings is 1. The van der Waals surface area contributed by atoms with Crippen LogP contribution in [0.4, 0.5) is 0 Å². The molecule has 0 bridgehead atoms. The summed E-state index contributed by atoms with van der Waals surface area (Å²) < 4.78 is 8.62. The van der Waals surface area contributed by atoms with Gasteiger partial charge in [0.25, 0.3) is 5.56 Å². The van der Waals surface area contributed by atoms with Crippen LogP contribution in [0.1, 0.15) is 18.3 Å². The van der Waals surface area contributed by atoms with Crippen molar-refractivity contribution in [2.24, 2.45) is 14.1 Å². The number of carbonyl (C=O) groups excluding carboxylic acids is 1. The van der Waals surface area contributed by atoms with Gasteiger partial charge in [0.05, 0.1) is 13.2 Å². The monoisotopic (exact) mass is 408 g/mol. The fourth-order valence-corrected chi connectivity index (χ4v) is 2.87. The lowest BCUT2D eigenvalue weighted by atomic mass is 10.2. The number of phenolic OH excluding ortho intramolecular Hbond substituents is 1. The molecule has 2 heterocycles. The van der Waals surface area contributed by atoms with E-state index in [0.717, 1.165) is 4.57 Å². The van der Waals surface area contributed by atoms with Gasteiger partial charge in [-0.05, 0) is 31.2 Å². The molecule has 1 aromatic carbocycles. The van der Waals surface area contributed by atoms with Crippen LogP contribution >= 0.6 is 0 Å². The quantitative estimate of drug-likeness (QED) is 0.388. The second kappa shape index (κ2) is 8.53. The van der Waals surface area contributed by atoms with Crippen molar-refractivity contribution < 1.29 is 14.6 Å². The molecule has 0 aliphatic carbocycles. The third-order valence-electron chi connectivity index (χ3n) is 4.36. The van der Waals surface area contributed by atoms with Gasteiger partial charge in [-0.3, -0.25) is 13.9 Å². The molecule has 0 spiro atoms. The number of fused-ring (bicyclic) bond motifs is 1. The van der Waals surface area contributed by atoms with E-state index >= 15 is 0 Å². The van der Waals surface area contributed by atoms with Gasteiger partial charge in [0.15, 0.2) is 11.2 Å². The van der Waals surface area contributed by atoms with Gasteiger partial charge in [-0.15, -0.1) is 0 Å². The fourth-order valence-electron chi connectivity index (χ4n) is 2.87. The minimum Gasteiger partial charge on any atom is -0.508 e. The summed E-state index contributed by atoms with van der Waals surface area (Å²) in [6.07, 6.45) is 2.63. The van der Waals surface area contributed by atoms with E-state index in [-0.39, 0.29) is 30.1 Å². The SMILES string of the molecule is CCOC(=O)/C=C/c1nc2c(c(=O)n(C)c(=O)n2CC#Cc2cccc(O)c2)n1C. The highest BCUT2D eigenvalue weighted by Gasteiger charge is 2.17. The molecule has 9 heteroatoms. The van der Waals surface area contributed by atoms with Crippen molar-refractivity contribution >= 4 is 23.2 Å². The van der Waals surface area contributed by atoms with Crippen molar-refractivity contribution in [3.05, 3.63) is 62.6 Å². The van der Waals surface area contributed by atoms with Crippen LogP contribution in [0, 0.1) is 11.8 Å². The number of hydrogen-bond acceptors (Lipinski definition) is 6. The first kappa shape index (κ1) is 20.7. The van der Waals surface area contributed by atoms with E-state index in [9.17, 15) is 19.5 Å². The Morgan fingerprint density at radius 2 is 2.03 bits per heavy atom. The Labute approximate surface area is 171 Å². The second-order valence-corrected chi connectivity index (χ2v) is 6.37. The maximum absolute atomic E-state index is 12.6. The summed E-state index contributed by atoms with van der Waals surface area (Å²) in [5.41, 5.74) is -0.100. The van der Waals surface area contributed by atoms with Crippen LogP contribution in [0.15, 0.2) is 39.9 Å². The normalized spacial score (nSPS) is 10.9. The number of phenols is 1. The van der Waals surface area contributed by atoms with Crippen molar-refractivity contribution in [2.45, 2.75) is 13.5 Å². The molecular formula is C21H20N4O5. The van der Waals surface area contributed by atoms with E-state index in [4.69, 9.17) is 4.74 Å². The molecule has 3 rings (SSSR count). The zero-order valence-corrected chi connectivity index (χ0v) is 16.7. The molecule has 2 aromatic heterocycles. The smallest absolute Gasteiger partial charge is 0.333 e. The topological polar surface area (TPSA) is 108 Å². The van der Waals surface area contributed by atoms with Crippen molar-refractivity contribution in [3.8, 4) is 17.6 Å². The predicted molar refractivity (Wildman–Crippen MR) is 111 cm³/mol. The Bertz CT molecular complexity index is 1330. The first-order valence-electron chi connectivity index (χ1n) is 9.12. The molecule has 0 saturated heterocycles. The molecule has 154 valence electrons. The van der Waals surface area contributed by atoms with Crippen LogP contribution < -0.4 is 11.2 Å². The van der Waals surface area contributed by atoms with Crippen LogP contribution in [0.25, 0.3) is 17.2 Å². The lowest BCUT2D eigenvalue weighted by Crippen LogP contribution is -2.38. The minimum absolute atomic E-state index is 0.0167. The lowest BCUT2D eigenvalue weighted by molar-refractivity contribution is -0.137. The van der Waals surface area contributed by atoms with Gasteiger partial charge in [0, 0.05) is 25.7 Å². The number of ether oxygens (including phenoxy) is 1. The van der Waals surface area contributed by atoms with Gasteiger partial charge in [0.1, 0.15) is 11.6 Å². The zero-order chi connectivity index (χ0) is 21.8. The lowest BCUT2D eigenvalue weighted by Gasteiger charge is -2.05. The zero-order valence-electron chi connectivity index (χ0n) is 16.7. The van der Waals surface area contributed by atoms with Crippen LogP contribution in [0.3, 0.4) is 0 Å². The van der Waals surface area contributed by atoms with Crippen LogP contribution in [-0.4, -0.2) is 36.4 Å². The fraction of sp³-hybridized carbons (Fsp3) is 0.238. The average Bonchev–Trinajstić information content (AvgIpc) is 3.04. The molecule has 9 nitrogen and oxygen atoms in total. The summed E-state index contributed by atoms with van der Waals surface area (Å²) in [6, 6.07) is 6.43. The Morgan fingerprint density at radius 3 is 2.73 bits per heavy atom. The number of carbonyl (C=O) groups is 1. The Hall–Kier alpha value is -4.06. The van der Waals surface area contributed by atoms with Gasteiger partial charge in [-0.2, -0.15) is 0 Å². The number of hydrogen-bond donors (Lipinski definition) is 1. The number of aromatic hydroxyl groups is 1. The molecule has 0 saturated carbocycles. The van der Waals surface area contributed by atoms with Crippen molar-refractivity contribution in [3.63, 3.8) is 0 Å². The summed E-state index contributed by atoms with van der Waals surface area (Å²) in [6.45, 7) is 1.92. The predicted octanol–water partition coefficient (Wildman–Crippen LogP) is 0.767. The van der Waals surface area contributed by atoms with E-state index < -0.39 is 17.2 Å². The number of esters is 1. The molecule has 0 radical (unpaired) electrons. The summed E-state index contributed by atoms with van der Waals surface area (Å²) in [7, 11) is 3.00. The summed E-state index contributed by atoms with van der Waals surface area (Å²) in [5.74, 6) is 5.60. The molecule has 0 aliphatic heterocycles. The highest BCUT2D eigenvalue weighted by Crippen LogP contribution is 2.12. The highest BCUT2D eigenvalue weighted by molar-refractivity contribution is 5.87. The van der Waals surface area contributed by atoms with E-state index in [1.54, 1.807) is 26.1 Å². The van der Waals surface area contributed by atoms with Gasteiger partial charge < -0.3 is 14.4 Å². The molecule has 0 amide bonds. The molecule has 1 N–H and O–H groups in total. The van der Waals surface area contributed by atoms with Gasteiger partial charge in [-0.25, -0.2) is 14.6 Å². The van der Waals surface area contributed by atoms with Crippen molar-refractivity contribution in [2.75, 3.05) is 6.61 Å². The largest absolute Gasteiger partial charge is 0.508 e. The molecule has 0 atom stereocenters. The van der Waals surface area contributed by atoms with Crippen LogP contribution in [-0.2, 0) is 30.2 Å². The Morgan fingerprint density at radius 1 is 1.27 bits per heavy atom. The second-order valence-electron chi connectivity index (χ2n) is 6.37. The van der Waals surface area contributed by atoms with E-state index in [1.165, 1.54) is 40.5 Å². The van der Waals surface area contributed by atoms with E-state index in [2.05, 4.69) is 16.8 Å². The Kier molecular flexibility index (Phi) is 5.88. The number of aryl methyl sites for hydroxylation is 1. The number of aromatic nitrogens is 4. The summed E-state index contributed by atoms with van der Waals surface area (Å²) in [4.78, 5) is 41.2. The van der Waals surface area contributed by atoms with E-state index in [0.29, 0.717) is 11.4 Å². The first-order valence-corrected chi connectivity index (χ1v) is 9.12. The van der Waals surface area contributed by atoms with Crippen molar-refractivity contribution in [1.29, 1.82) is 0 Å². The van der Waals surface area contributed by atoms with Crippen molar-refractivity contribution in [1.82, 2.24) is 18.7 Å². The molecule has 3 aromatic rings. The van der Waals surface area contributed by atoms with Crippen LogP contribution in [0.5, 0.6) is 5.75 Å². The van der Waals surface area contributed by atoms with Crippen LogP contribution in [0.2, 0.25) is 0 Å². The average molecular weight is 408 g/mol. The molecule has 0 aliphatic rings. The minimum atomic E-state index is -0.559. The summed E-state index contributed by atoms with van der Waals surface area (Å²) >= 11 is 0. The van der Waals surface area contributed by atoms with Gasteiger partial charge in [-0.1, -0.05) is 17.9 Å². The van der Waals surface area contributed by atoms with E-state index in [1.807, 2.05) is 0 Å². The molecule has 30 heavy (non-hydrogen) atoms. The third-order valence-corrected chi connectivity index (χ3v) is 4.36. The first-order chi connectivity index (χ1) is 14.3. The number of rotatable bonds is 4. The number of imidazole rings is 1. The molecular weight excluding hydrogens is 388 g/mol. The molecule has 0 unspecified atom stereocenters. The standard InChI is InChI=1S/C21H20N4O5/c1-4-30-17(27)11-10-16-22-19-18(23(16)2)20(28)24(3)21(29)25(19)12-6-8-14-7-5-9-15(26)13-14/h5,7,9-11,13,26H,4,12H2,1-3H3/b11-10+. The third kappa shape index (κ3) is 4.03. The maximum Gasteiger partial charge on any atom is 0.333 e. The number of nitrogens with zero attached hydrogens (tertiary/aromatic N) is 4.